The van der Waals surface area contributed by atoms with E-state index in [1.807, 2.05) is 37.3 Å². The topological polar surface area (TPSA) is 51.4 Å². The monoisotopic (exact) mass is 299 g/mol. The first-order chi connectivity index (χ1) is 10.2. The maximum Gasteiger partial charge on any atom is 0.143 e. The van der Waals surface area contributed by atoms with Gasteiger partial charge in [0.1, 0.15) is 16.6 Å². The lowest BCUT2D eigenvalue weighted by molar-refractivity contribution is 0.322. The van der Waals surface area contributed by atoms with Crippen LogP contribution < -0.4 is 15.4 Å². The average molecular weight is 299 g/mol. The summed E-state index contributed by atoms with van der Waals surface area (Å²) in [5.41, 5.74) is 8.79. The van der Waals surface area contributed by atoms with Gasteiger partial charge in [0, 0.05) is 12.7 Å². The van der Waals surface area contributed by atoms with Crippen molar-refractivity contribution in [2.45, 2.75) is 13.3 Å². The van der Waals surface area contributed by atoms with Crippen molar-refractivity contribution in [2.24, 2.45) is 5.73 Å². The molecule has 0 saturated carbocycles. The third-order valence-electron chi connectivity index (χ3n) is 3.58. The Balaban J connectivity index is 2.17. The molecule has 1 aromatic heterocycles. The van der Waals surface area contributed by atoms with Crippen LogP contribution in [0.3, 0.4) is 0 Å². The molecule has 1 aromatic carbocycles. The van der Waals surface area contributed by atoms with E-state index in [0.717, 1.165) is 41.3 Å². The summed E-state index contributed by atoms with van der Waals surface area (Å²) in [7, 11) is 0. The summed E-state index contributed by atoms with van der Waals surface area (Å²) in [6.45, 7) is 3.52. The molecule has 0 atom stereocenters. The predicted molar refractivity (Wildman–Crippen MR) is 88.4 cm³/mol. The lowest BCUT2D eigenvalue weighted by Crippen LogP contribution is -2.24. The Kier molecular flexibility index (Phi) is 3.75. The fraction of sp³-hybridized carbons (Fsp3) is 0.250. The average Bonchev–Trinajstić information content (AvgIpc) is 2.68. The van der Waals surface area contributed by atoms with Gasteiger partial charge in [-0.3, -0.25) is 0 Å². The number of para-hydroxylation sites is 2. The Morgan fingerprint density at radius 1 is 1.33 bits per heavy atom. The number of benzene rings is 1. The van der Waals surface area contributed by atoms with E-state index < -0.39 is 0 Å². The number of aryl methyl sites for hydroxylation is 1. The number of pyridine rings is 1. The van der Waals surface area contributed by atoms with E-state index in [1.165, 1.54) is 0 Å². The number of hydrogen-bond donors (Lipinski definition) is 1. The Morgan fingerprint density at radius 2 is 2.14 bits per heavy atom. The second-order valence-corrected chi connectivity index (χ2v) is 5.45. The second kappa shape index (κ2) is 5.69. The minimum absolute atomic E-state index is 0.373. The van der Waals surface area contributed by atoms with Crippen molar-refractivity contribution in [2.75, 3.05) is 18.1 Å². The molecule has 0 radical (unpaired) electrons. The van der Waals surface area contributed by atoms with Crippen LogP contribution in [0.2, 0.25) is 0 Å². The smallest absolute Gasteiger partial charge is 0.143 e. The fourth-order valence-corrected chi connectivity index (χ4v) is 2.85. The van der Waals surface area contributed by atoms with Gasteiger partial charge in [-0.1, -0.05) is 24.4 Å². The zero-order chi connectivity index (χ0) is 14.8. The highest BCUT2D eigenvalue weighted by molar-refractivity contribution is 7.80. The van der Waals surface area contributed by atoms with E-state index in [0.29, 0.717) is 11.6 Å². The van der Waals surface area contributed by atoms with E-state index in [1.54, 1.807) is 6.20 Å². The van der Waals surface area contributed by atoms with Gasteiger partial charge in [-0.25, -0.2) is 4.98 Å². The number of hydrogen-bond acceptors (Lipinski definition) is 4. The minimum Gasteiger partial charge on any atom is -0.491 e. The van der Waals surface area contributed by atoms with Crippen molar-refractivity contribution in [3.63, 3.8) is 0 Å². The van der Waals surface area contributed by atoms with Gasteiger partial charge in [-0.15, -0.1) is 0 Å². The van der Waals surface area contributed by atoms with Crippen molar-refractivity contribution in [3.8, 4) is 5.75 Å². The molecule has 2 aromatic rings. The van der Waals surface area contributed by atoms with Gasteiger partial charge in [0.25, 0.3) is 0 Å². The van der Waals surface area contributed by atoms with Crippen LogP contribution in [0.15, 0.2) is 36.5 Å². The van der Waals surface area contributed by atoms with Crippen LogP contribution in [0.4, 0.5) is 11.5 Å². The lowest BCUT2D eigenvalue weighted by atomic mass is 10.1. The molecule has 3 rings (SSSR count). The summed E-state index contributed by atoms with van der Waals surface area (Å²) in [4.78, 5) is 7.04. The zero-order valence-corrected chi connectivity index (χ0v) is 12.7. The van der Waals surface area contributed by atoms with Crippen LogP contribution in [0.1, 0.15) is 17.5 Å². The van der Waals surface area contributed by atoms with Gasteiger partial charge in [0.15, 0.2) is 0 Å². The Bertz CT molecular complexity index is 687. The van der Waals surface area contributed by atoms with Crippen molar-refractivity contribution >= 4 is 28.7 Å². The molecule has 1 aliphatic rings. The Labute approximate surface area is 129 Å². The predicted octanol–water partition coefficient (Wildman–Crippen LogP) is 2.94. The molecule has 0 aliphatic carbocycles. The Hall–Kier alpha value is -2.14. The molecule has 2 heterocycles. The van der Waals surface area contributed by atoms with Gasteiger partial charge in [0.05, 0.1) is 17.9 Å². The molecular formula is C16H17N3OS. The molecule has 0 fully saturated rings. The highest BCUT2D eigenvalue weighted by Crippen LogP contribution is 2.36. The third-order valence-corrected chi connectivity index (χ3v) is 3.79. The van der Waals surface area contributed by atoms with Crippen molar-refractivity contribution in [1.29, 1.82) is 0 Å². The summed E-state index contributed by atoms with van der Waals surface area (Å²) in [6, 6.07) is 9.91. The van der Waals surface area contributed by atoms with Gasteiger partial charge in [0.2, 0.25) is 0 Å². The second-order valence-electron chi connectivity index (χ2n) is 5.01. The molecule has 0 amide bonds. The van der Waals surface area contributed by atoms with Gasteiger partial charge >= 0.3 is 0 Å². The molecule has 0 unspecified atom stereocenters. The maximum atomic E-state index is 5.91. The van der Waals surface area contributed by atoms with Crippen LogP contribution in [0.5, 0.6) is 5.75 Å². The number of rotatable bonds is 2. The van der Waals surface area contributed by atoms with E-state index in [2.05, 4.69) is 9.88 Å². The summed E-state index contributed by atoms with van der Waals surface area (Å²) >= 11 is 5.22. The maximum absolute atomic E-state index is 5.91. The van der Waals surface area contributed by atoms with Crippen molar-refractivity contribution in [1.82, 2.24) is 4.98 Å². The van der Waals surface area contributed by atoms with E-state index in [9.17, 15) is 0 Å². The Morgan fingerprint density at radius 3 is 2.95 bits per heavy atom. The lowest BCUT2D eigenvalue weighted by Gasteiger charge is -2.25. The highest BCUT2D eigenvalue weighted by atomic mass is 32.1. The van der Waals surface area contributed by atoms with Crippen molar-refractivity contribution < 1.29 is 4.74 Å². The highest BCUT2D eigenvalue weighted by Gasteiger charge is 2.22. The molecule has 4 nitrogen and oxygen atoms in total. The van der Waals surface area contributed by atoms with E-state index in [4.69, 9.17) is 22.7 Å². The zero-order valence-electron chi connectivity index (χ0n) is 11.9. The van der Waals surface area contributed by atoms with Gasteiger partial charge in [-0.05, 0) is 37.1 Å². The van der Waals surface area contributed by atoms with Crippen LogP contribution in [-0.2, 0) is 0 Å². The molecule has 0 spiro atoms. The molecular weight excluding hydrogens is 282 g/mol. The summed E-state index contributed by atoms with van der Waals surface area (Å²) < 4.78 is 5.80. The molecule has 108 valence electrons. The minimum atomic E-state index is 0.373. The largest absolute Gasteiger partial charge is 0.491 e. The number of aromatic nitrogens is 1. The molecule has 2 N–H and O–H groups in total. The van der Waals surface area contributed by atoms with E-state index >= 15 is 0 Å². The normalized spacial score (nSPS) is 14.0. The number of ether oxygens (including phenoxy) is 1. The summed E-state index contributed by atoms with van der Waals surface area (Å²) in [6.07, 6.45) is 2.71. The van der Waals surface area contributed by atoms with Crippen LogP contribution in [0.25, 0.3) is 0 Å². The molecule has 1 aliphatic heterocycles. The molecule has 5 heteroatoms. The number of nitrogens with two attached hydrogens (primary N) is 1. The van der Waals surface area contributed by atoms with Crippen LogP contribution >= 0.6 is 12.2 Å². The fourth-order valence-electron chi connectivity index (χ4n) is 2.60. The molecule has 21 heavy (non-hydrogen) atoms. The standard InChI is InChI=1S/C16H17N3OS/c1-11-7-8-18-16(14(11)15(17)21)19-9-4-10-20-13-6-3-2-5-12(13)19/h2-3,5-8H,4,9-10H2,1H3,(H2,17,21). The number of anilines is 2. The quantitative estimate of drug-likeness (QED) is 0.864. The van der Waals surface area contributed by atoms with Gasteiger partial charge in [-0.2, -0.15) is 0 Å². The third kappa shape index (κ3) is 2.56. The van der Waals surface area contributed by atoms with Crippen LogP contribution in [0, 0.1) is 6.92 Å². The number of fused-ring (bicyclic) bond motifs is 1. The first-order valence-corrected chi connectivity index (χ1v) is 7.34. The first-order valence-electron chi connectivity index (χ1n) is 6.93. The molecule has 0 bridgehead atoms. The van der Waals surface area contributed by atoms with Crippen molar-refractivity contribution in [3.05, 3.63) is 47.7 Å². The van der Waals surface area contributed by atoms with Crippen LogP contribution in [-0.4, -0.2) is 23.1 Å². The summed E-state index contributed by atoms with van der Waals surface area (Å²) in [5.74, 6) is 1.67. The first kappa shape index (κ1) is 13.8. The SMILES string of the molecule is Cc1ccnc(N2CCCOc3ccccc32)c1C(N)=S. The summed E-state index contributed by atoms with van der Waals surface area (Å²) in [5, 5.41) is 0. The molecule has 0 saturated heterocycles. The number of nitrogens with zero attached hydrogens (tertiary/aromatic N) is 2. The van der Waals surface area contributed by atoms with E-state index in [-0.39, 0.29) is 0 Å². The number of thiocarbonyl (C=S) groups is 1. The van der Waals surface area contributed by atoms with Gasteiger partial charge < -0.3 is 15.4 Å².